The van der Waals surface area contributed by atoms with Crippen LogP contribution in [0.4, 0.5) is 0 Å². The summed E-state index contributed by atoms with van der Waals surface area (Å²) in [6, 6.07) is 4.14. The number of hydrogen-bond donors (Lipinski definition) is 1. The zero-order chi connectivity index (χ0) is 13.8. The lowest BCUT2D eigenvalue weighted by Gasteiger charge is -2.05. The number of aromatic nitrogens is 2. The maximum absolute atomic E-state index is 5.79. The van der Waals surface area contributed by atoms with E-state index in [4.69, 9.17) is 4.74 Å². The van der Waals surface area contributed by atoms with Crippen LogP contribution in [0.15, 0.2) is 24.5 Å². The molecule has 1 saturated carbocycles. The Labute approximate surface area is 120 Å². The van der Waals surface area contributed by atoms with E-state index >= 15 is 0 Å². The first-order valence-electron chi connectivity index (χ1n) is 7.59. The van der Waals surface area contributed by atoms with E-state index in [-0.39, 0.29) is 0 Å². The van der Waals surface area contributed by atoms with Gasteiger partial charge < -0.3 is 14.6 Å². The number of ether oxygens (including phenoxy) is 1. The Morgan fingerprint density at radius 1 is 1.45 bits per heavy atom. The van der Waals surface area contributed by atoms with Gasteiger partial charge in [0.15, 0.2) is 0 Å². The maximum Gasteiger partial charge on any atom is 0.142 e. The van der Waals surface area contributed by atoms with Gasteiger partial charge in [-0.3, -0.25) is 0 Å². The largest absolute Gasteiger partial charge is 0.360 e. The van der Waals surface area contributed by atoms with Crippen molar-refractivity contribution in [2.24, 2.45) is 5.92 Å². The Kier molecular flexibility index (Phi) is 4.33. The van der Waals surface area contributed by atoms with E-state index < -0.39 is 0 Å². The summed E-state index contributed by atoms with van der Waals surface area (Å²) in [4.78, 5) is 4.50. The fourth-order valence-corrected chi connectivity index (χ4v) is 2.44. The lowest BCUT2D eigenvalue weighted by Crippen LogP contribution is -2.13. The van der Waals surface area contributed by atoms with E-state index in [1.165, 1.54) is 23.8 Å². The van der Waals surface area contributed by atoms with Crippen LogP contribution in [0.25, 0.3) is 11.0 Å². The van der Waals surface area contributed by atoms with Crippen LogP contribution < -0.4 is 5.32 Å². The van der Waals surface area contributed by atoms with Crippen molar-refractivity contribution in [3.63, 3.8) is 0 Å². The summed E-state index contributed by atoms with van der Waals surface area (Å²) in [5.41, 5.74) is 2.33. The van der Waals surface area contributed by atoms with Crippen LogP contribution in [0.2, 0.25) is 0 Å². The molecule has 0 atom stereocenters. The van der Waals surface area contributed by atoms with Gasteiger partial charge >= 0.3 is 0 Å². The summed E-state index contributed by atoms with van der Waals surface area (Å²) in [5, 5.41) is 4.69. The second-order valence-corrected chi connectivity index (χ2v) is 5.62. The molecule has 0 saturated heterocycles. The number of hydrogen-bond acceptors (Lipinski definition) is 3. The van der Waals surface area contributed by atoms with Crippen molar-refractivity contribution in [2.75, 3.05) is 13.2 Å². The highest BCUT2D eigenvalue weighted by molar-refractivity contribution is 5.80. The maximum atomic E-state index is 5.79. The van der Waals surface area contributed by atoms with Crippen LogP contribution in [-0.2, 0) is 18.0 Å². The second-order valence-electron chi connectivity index (χ2n) is 5.62. The van der Waals surface area contributed by atoms with Gasteiger partial charge in [-0.15, -0.1) is 0 Å². The van der Waals surface area contributed by atoms with Gasteiger partial charge in [0, 0.05) is 24.3 Å². The minimum absolute atomic E-state index is 0.609. The summed E-state index contributed by atoms with van der Waals surface area (Å²) < 4.78 is 7.92. The molecule has 0 spiro atoms. The molecular weight excluding hydrogens is 250 g/mol. The molecule has 20 heavy (non-hydrogen) atoms. The fraction of sp³-hybridized carbons (Fsp3) is 0.562. The van der Waals surface area contributed by atoms with Crippen LogP contribution in [-0.4, -0.2) is 22.7 Å². The average Bonchev–Trinajstić information content (AvgIpc) is 3.23. The molecule has 2 aromatic heterocycles. The van der Waals surface area contributed by atoms with Crippen molar-refractivity contribution >= 4 is 11.0 Å². The van der Waals surface area contributed by atoms with Crippen molar-refractivity contribution in [3.8, 4) is 0 Å². The number of nitrogens with one attached hydrogen (secondary N) is 1. The summed E-state index contributed by atoms with van der Waals surface area (Å²) in [6.07, 6.45) is 7.84. The van der Waals surface area contributed by atoms with E-state index in [0.717, 1.165) is 37.7 Å². The number of rotatable bonds is 8. The molecule has 4 nitrogen and oxygen atoms in total. The third kappa shape index (κ3) is 3.19. The van der Waals surface area contributed by atoms with Crippen LogP contribution in [0.1, 0.15) is 31.7 Å². The molecule has 1 fully saturated rings. The fourth-order valence-electron chi connectivity index (χ4n) is 2.44. The lowest BCUT2D eigenvalue weighted by atomic mass is 10.2. The average molecular weight is 273 g/mol. The first-order chi connectivity index (χ1) is 9.88. The second kappa shape index (κ2) is 6.37. The van der Waals surface area contributed by atoms with E-state index in [9.17, 15) is 0 Å². The van der Waals surface area contributed by atoms with Gasteiger partial charge in [-0.1, -0.05) is 6.92 Å². The van der Waals surface area contributed by atoms with Crippen LogP contribution in [0.5, 0.6) is 0 Å². The SMILES string of the molecule is CCCNCc1cn(COCC2CC2)c2ncccc12. The van der Waals surface area contributed by atoms with Gasteiger partial charge in [0.05, 0.1) is 6.61 Å². The summed E-state index contributed by atoms with van der Waals surface area (Å²) in [5.74, 6) is 0.801. The first-order valence-corrected chi connectivity index (χ1v) is 7.59. The van der Waals surface area contributed by atoms with Crippen molar-refractivity contribution in [3.05, 3.63) is 30.1 Å². The monoisotopic (exact) mass is 273 g/mol. The minimum Gasteiger partial charge on any atom is -0.360 e. The van der Waals surface area contributed by atoms with Crippen molar-refractivity contribution in [1.82, 2.24) is 14.9 Å². The van der Waals surface area contributed by atoms with Crippen LogP contribution in [0.3, 0.4) is 0 Å². The molecule has 0 radical (unpaired) electrons. The normalized spacial score (nSPS) is 15.1. The molecule has 1 aliphatic rings. The molecule has 0 aromatic carbocycles. The smallest absolute Gasteiger partial charge is 0.142 e. The first kappa shape index (κ1) is 13.6. The molecule has 1 N–H and O–H groups in total. The number of nitrogens with zero attached hydrogens (tertiary/aromatic N) is 2. The Morgan fingerprint density at radius 2 is 2.35 bits per heavy atom. The van der Waals surface area contributed by atoms with E-state index in [2.05, 4.69) is 34.1 Å². The van der Waals surface area contributed by atoms with Gasteiger partial charge in [-0.05, 0) is 49.4 Å². The number of pyridine rings is 1. The Hall–Kier alpha value is -1.39. The summed E-state index contributed by atoms with van der Waals surface area (Å²) in [6.45, 7) is 5.62. The highest BCUT2D eigenvalue weighted by Crippen LogP contribution is 2.29. The molecule has 3 rings (SSSR count). The number of fused-ring (bicyclic) bond motifs is 1. The predicted molar refractivity (Wildman–Crippen MR) is 80.4 cm³/mol. The molecule has 0 amide bonds. The Morgan fingerprint density at radius 3 is 3.15 bits per heavy atom. The van der Waals surface area contributed by atoms with Crippen molar-refractivity contribution in [2.45, 2.75) is 39.5 Å². The lowest BCUT2D eigenvalue weighted by molar-refractivity contribution is 0.0713. The molecule has 0 unspecified atom stereocenters. The molecule has 0 bridgehead atoms. The van der Waals surface area contributed by atoms with Crippen LogP contribution >= 0.6 is 0 Å². The predicted octanol–water partition coefficient (Wildman–Crippen LogP) is 2.92. The van der Waals surface area contributed by atoms with Gasteiger partial charge in [0.2, 0.25) is 0 Å². The van der Waals surface area contributed by atoms with Crippen molar-refractivity contribution < 1.29 is 4.74 Å². The van der Waals surface area contributed by atoms with Gasteiger partial charge in [0.25, 0.3) is 0 Å². The molecule has 0 aliphatic heterocycles. The van der Waals surface area contributed by atoms with E-state index in [0.29, 0.717) is 6.73 Å². The summed E-state index contributed by atoms with van der Waals surface area (Å²) in [7, 11) is 0. The van der Waals surface area contributed by atoms with Gasteiger partial charge in [-0.2, -0.15) is 0 Å². The zero-order valence-electron chi connectivity index (χ0n) is 12.1. The van der Waals surface area contributed by atoms with E-state index in [1.54, 1.807) is 0 Å². The third-order valence-corrected chi connectivity index (χ3v) is 3.74. The topological polar surface area (TPSA) is 39.1 Å². The molecular formula is C16H23N3O. The summed E-state index contributed by atoms with van der Waals surface area (Å²) >= 11 is 0. The zero-order valence-corrected chi connectivity index (χ0v) is 12.1. The Bertz CT molecular complexity index is 560. The quantitative estimate of drug-likeness (QED) is 0.752. The van der Waals surface area contributed by atoms with E-state index in [1.807, 2.05) is 12.3 Å². The molecule has 2 aromatic rings. The van der Waals surface area contributed by atoms with Crippen molar-refractivity contribution in [1.29, 1.82) is 0 Å². The molecule has 108 valence electrons. The van der Waals surface area contributed by atoms with Gasteiger partial charge in [0.1, 0.15) is 12.4 Å². The highest BCUT2D eigenvalue weighted by Gasteiger charge is 2.21. The standard InChI is InChI=1S/C16H23N3O/c1-2-7-17-9-14-10-19(12-20-11-13-5-6-13)16-15(14)4-3-8-18-16/h3-4,8,10,13,17H,2,5-7,9,11-12H2,1H3. The Balaban J connectivity index is 1.72. The molecule has 1 aliphatic carbocycles. The molecule has 4 heteroatoms. The highest BCUT2D eigenvalue weighted by atomic mass is 16.5. The van der Waals surface area contributed by atoms with Crippen LogP contribution in [0, 0.1) is 5.92 Å². The molecule has 2 heterocycles. The minimum atomic E-state index is 0.609. The third-order valence-electron chi connectivity index (χ3n) is 3.74. The van der Waals surface area contributed by atoms with Gasteiger partial charge in [-0.25, -0.2) is 4.98 Å².